The van der Waals surface area contributed by atoms with Crippen molar-refractivity contribution in [3.63, 3.8) is 0 Å². The molecular formula is C25H34N4O2. The van der Waals surface area contributed by atoms with Crippen LogP contribution in [0.25, 0.3) is 0 Å². The topological polar surface area (TPSA) is 57.7 Å². The van der Waals surface area contributed by atoms with E-state index in [0.717, 1.165) is 43.7 Å². The van der Waals surface area contributed by atoms with E-state index in [-0.39, 0.29) is 11.6 Å². The van der Waals surface area contributed by atoms with Gasteiger partial charge in [0.2, 0.25) is 0 Å². The Morgan fingerprint density at radius 1 is 1.13 bits per heavy atom. The van der Waals surface area contributed by atoms with Crippen LogP contribution in [0.5, 0.6) is 5.75 Å². The smallest absolute Gasteiger partial charge is 0.323 e. The summed E-state index contributed by atoms with van der Waals surface area (Å²) < 4.78 is 6.20. The molecule has 0 radical (unpaired) electrons. The van der Waals surface area contributed by atoms with E-state index in [1.807, 2.05) is 41.3 Å². The van der Waals surface area contributed by atoms with Crippen LogP contribution in [0.15, 0.2) is 48.7 Å². The molecule has 0 aliphatic carbocycles. The van der Waals surface area contributed by atoms with Gasteiger partial charge in [0, 0.05) is 25.2 Å². The highest BCUT2D eigenvalue weighted by Crippen LogP contribution is 2.33. The molecule has 2 amide bonds. The van der Waals surface area contributed by atoms with Crippen molar-refractivity contribution in [3.05, 3.63) is 54.2 Å². The number of benzene rings is 1. The average molecular weight is 423 g/mol. The molecule has 31 heavy (non-hydrogen) atoms. The van der Waals surface area contributed by atoms with E-state index < -0.39 is 0 Å². The van der Waals surface area contributed by atoms with E-state index in [1.54, 1.807) is 6.20 Å². The summed E-state index contributed by atoms with van der Waals surface area (Å²) in [6.07, 6.45) is 4.76. The van der Waals surface area contributed by atoms with Crippen LogP contribution in [0.2, 0.25) is 0 Å². The van der Waals surface area contributed by atoms with Crippen molar-refractivity contribution < 1.29 is 9.53 Å². The predicted octanol–water partition coefficient (Wildman–Crippen LogP) is 4.74. The number of nitrogens with zero attached hydrogens (tertiary/aromatic N) is 3. The first-order valence-corrected chi connectivity index (χ1v) is 11.4. The van der Waals surface area contributed by atoms with Crippen molar-refractivity contribution in [1.29, 1.82) is 0 Å². The Labute approximate surface area is 185 Å². The van der Waals surface area contributed by atoms with Gasteiger partial charge in [-0.25, -0.2) is 9.78 Å². The van der Waals surface area contributed by atoms with Gasteiger partial charge in [-0.2, -0.15) is 0 Å². The second kappa shape index (κ2) is 9.27. The standard InChI is InChI=1S/C25H34N4O2/c1-19(2)28-15-11-20(12-16-28)22-10-7-14-26-23(22)27-24(30)29-17-13-25(3,18-29)31-21-8-5-4-6-9-21/h4-10,14,19-20H,11-13,15-18H2,1-3H3,(H,26,27,30)/t25-/m0/s1. The van der Waals surface area contributed by atoms with Crippen molar-refractivity contribution in [2.24, 2.45) is 0 Å². The summed E-state index contributed by atoms with van der Waals surface area (Å²) in [5, 5.41) is 3.09. The number of carbonyl (C=O) groups is 1. The van der Waals surface area contributed by atoms with E-state index in [9.17, 15) is 4.79 Å². The fourth-order valence-electron chi connectivity index (χ4n) is 4.72. The van der Waals surface area contributed by atoms with Gasteiger partial charge in [0.15, 0.2) is 0 Å². The number of anilines is 1. The average Bonchev–Trinajstić information content (AvgIpc) is 3.16. The van der Waals surface area contributed by atoms with Gasteiger partial charge in [-0.1, -0.05) is 24.3 Å². The highest BCUT2D eigenvalue weighted by Gasteiger charge is 2.38. The first-order chi connectivity index (χ1) is 14.9. The molecule has 2 aromatic rings. The SMILES string of the molecule is CC(C)N1CCC(c2cccnc2NC(=O)N2CC[C@](C)(Oc3ccccc3)C2)CC1. The van der Waals surface area contributed by atoms with Crippen LogP contribution in [0, 0.1) is 0 Å². The molecule has 0 unspecified atom stereocenters. The van der Waals surface area contributed by atoms with E-state index in [0.29, 0.717) is 30.9 Å². The molecule has 1 N–H and O–H groups in total. The zero-order valence-corrected chi connectivity index (χ0v) is 18.9. The Morgan fingerprint density at radius 2 is 1.87 bits per heavy atom. The summed E-state index contributed by atoms with van der Waals surface area (Å²) >= 11 is 0. The third kappa shape index (κ3) is 5.18. The molecule has 2 fully saturated rings. The fraction of sp³-hybridized carbons (Fsp3) is 0.520. The van der Waals surface area contributed by atoms with Crippen molar-refractivity contribution in [3.8, 4) is 5.75 Å². The van der Waals surface area contributed by atoms with Crippen LogP contribution in [0.4, 0.5) is 10.6 Å². The molecule has 2 aliphatic heterocycles. The molecule has 0 spiro atoms. The highest BCUT2D eigenvalue weighted by atomic mass is 16.5. The van der Waals surface area contributed by atoms with Gasteiger partial charge >= 0.3 is 6.03 Å². The van der Waals surface area contributed by atoms with E-state index in [1.165, 1.54) is 0 Å². The maximum atomic E-state index is 13.0. The minimum atomic E-state index is -0.380. The zero-order valence-electron chi connectivity index (χ0n) is 18.9. The van der Waals surface area contributed by atoms with E-state index in [4.69, 9.17) is 4.74 Å². The summed E-state index contributed by atoms with van der Waals surface area (Å²) in [5.41, 5.74) is 0.775. The lowest BCUT2D eigenvalue weighted by molar-refractivity contribution is 0.100. The van der Waals surface area contributed by atoms with Gasteiger partial charge in [0.25, 0.3) is 0 Å². The van der Waals surface area contributed by atoms with Crippen LogP contribution in [0.3, 0.4) is 0 Å². The Morgan fingerprint density at radius 3 is 2.58 bits per heavy atom. The van der Waals surface area contributed by atoms with Crippen molar-refractivity contribution >= 4 is 11.8 Å². The van der Waals surface area contributed by atoms with Crippen LogP contribution in [0.1, 0.15) is 51.5 Å². The third-order valence-corrected chi connectivity index (χ3v) is 6.59. The highest BCUT2D eigenvalue weighted by molar-refractivity contribution is 5.89. The summed E-state index contributed by atoms with van der Waals surface area (Å²) in [7, 11) is 0. The molecule has 166 valence electrons. The molecule has 1 aromatic carbocycles. The van der Waals surface area contributed by atoms with E-state index >= 15 is 0 Å². The van der Waals surface area contributed by atoms with Gasteiger partial charge in [0.05, 0.1) is 6.54 Å². The minimum Gasteiger partial charge on any atom is -0.486 e. The number of hydrogen-bond acceptors (Lipinski definition) is 4. The van der Waals surface area contributed by atoms with Crippen LogP contribution in [-0.2, 0) is 0 Å². The number of carbonyl (C=O) groups excluding carboxylic acids is 1. The number of urea groups is 1. The maximum Gasteiger partial charge on any atom is 0.323 e. The summed E-state index contributed by atoms with van der Waals surface area (Å²) in [5.74, 6) is 1.98. The van der Waals surface area contributed by atoms with Gasteiger partial charge in [0.1, 0.15) is 17.2 Å². The Kier molecular flexibility index (Phi) is 6.46. The second-order valence-corrected chi connectivity index (χ2v) is 9.31. The summed E-state index contributed by atoms with van der Waals surface area (Å²) in [6, 6.07) is 14.4. The Bertz CT molecular complexity index is 880. The Balaban J connectivity index is 1.38. The molecule has 1 atom stereocenters. The number of likely N-dealkylation sites (tertiary alicyclic amines) is 2. The monoisotopic (exact) mass is 422 g/mol. The number of nitrogens with one attached hydrogen (secondary N) is 1. The normalized spacial score (nSPS) is 22.6. The van der Waals surface area contributed by atoms with Crippen LogP contribution < -0.4 is 10.1 Å². The lowest BCUT2D eigenvalue weighted by atomic mass is 9.89. The number of rotatable bonds is 5. The maximum absolute atomic E-state index is 13.0. The van der Waals surface area contributed by atoms with Gasteiger partial charge < -0.3 is 14.5 Å². The first-order valence-electron chi connectivity index (χ1n) is 11.4. The number of piperidine rings is 1. The van der Waals surface area contributed by atoms with Gasteiger partial charge in [-0.3, -0.25) is 5.32 Å². The largest absolute Gasteiger partial charge is 0.486 e. The molecular weight excluding hydrogens is 388 g/mol. The molecule has 1 aromatic heterocycles. The second-order valence-electron chi connectivity index (χ2n) is 9.31. The lowest BCUT2D eigenvalue weighted by Gasteiger charge is -2.35. The zero-order chi connectivity index (χ0) is 21.8. The molecule has 6 nitrogen and oxygen atoms in total. The Hall–Kier alpha value is -2.60. The number of hydrogen-bond donors (Lipinski definition) is 1. The lowest BCUT2D eigenvalue weighted by Crippen LogP contribution is -2.40. The van der Waals surface area contributed by atoms with Crippen LogP contribution >= 0.6 is 0 Å². The summed E-state index contributed by atoms with van der Waals surface area (Å²) in [6.45, 7) is 9.98. The molecule has 0 saturated carbocycles. The predicted molar refractivity (Wildman–Crippen MR) is 124 cm³/mol. The molecule has 6 heteroatoms. The number of aromatic nitrogens is 1. The molecule has 0 bridgehead atoms. The first kappa shape index (κ1) is 21.6. The molecule has 2 saturated heterocycles. The quantitative estimate of drug-likeness (QED) is 0.756. The van der Waals surface area contributed by atoms with Gasteiger partial charge in [-0.15, -0.1) is 0 Å². The number of ether oxygens (including phenoxy) is 1. The summed E-state index contributed by atoms with van der Waals surface area (Å²) in [4.78, 5) is 21.9. The minimum absolute atomic E-state index is 0.0973. The molecule has 3 heterocycles. The van der Waals surface area contributed by atoms with Crippen LogP contribution in [-0.4, -0.2) is 58.6 Å². The number of pyridine rings is 1. The van der Waals surface area contributed by atoms with Crippen molar-refractivity contribution in [2.75, 3.05) is 31.5 Å². The molecule has 4 rings (SSSR count). The van der Waals surface area contributed by atoms with Crippen molar-refractivity contribution in [2.45, 2.75) is 57.6 Å². The third-order valence-electron chi connectivity index (χ3n) is 6.59. The number of amides is 2. The van der Waals surface area contributed by atoms with E-state index in [2.05, 4.69) is 42.0 Å². The van der Waals surface area contributed by atoms with Gasteiger partial charge in [-0.05, 0) is 76.4 Å². The fourth-order valence-corrected chi connectivity index (χ4v) is 4.72. The van der Waals surface area contributed by atoms with Crippen molar-refractivity contribution in [1.82, 2.24) is 14.8 Å². The number of para-hydroxylation sites is 1. The molecule has 2 aliphatic rings.